The monoisotopic (exact) mass is 746 g/mol. The van der Waals surface area contributed by atoms with Crippen molar-refractivity contribution in [2.45, 2.75) is 170 Å². The minimum atomic E-state index is -1.03. The van der Waals surface area contributed by atoms with Gasteiger partial charge in [0, 0.05) is 40.8 Å². The number of fused-ring (bicyclic) bond motifs is 1. The zero-order chi connectivity index (χ0) is 36.7. The Morgan fingerprint density at radius 2 is 1.45 bits per heavy atom. The van der Waals surface area contributed by atoms with Crippen molar-refractivity contribution in [2.75, 3.05) is 12.3 Å². The molecule has 3 unspecified atom stereocenters. The maximum Gasteiger partial charge on any atom is 0.326 e. The molecule has 3 rings (SSSR count). The number of unbranched alkanes of at least 4 members (excludes halogenated alkanes) is 14. The average Bonchev–Trinajstić information content (AvgIpc) is 3.67. The molecule has 2 aliphatic heterocycles. The Balaban J connectivity index is 1.17. The second-order valence-corrected chi connectivity index (χ2v) is 16.5. The molecule has 2 saturated heterocycles. The van der Waals surface area contributed by atoms with E-state index in [1.807, 2.05) is 11.8 Å². The van der Waals surface area contributed by atoms with Crippen LogP contribution in [0.15, 0.2) is 29.2 Å². The number of carbonyl (C=O) groups is 5. The van der Waals surface area contributed by atoms with Crippen molar-refractivity contribution in [2.24, 2.45) is 0 Å². The number of carbonyl (C=O) groups excluding carboxylic acids is 4. The normalized spacial score (nSPS) is 18.5. The number of amides is 4. The Hall–Kier alpha value is -2.73. The second-order valence-electron chi connectivity index (χ2n) is 14.1. The first-order valence-corrected chi connectivity index (χ1v) is 21.4. The second kappa shape index (κ2) is 25.3. The predicted molar refractivity (Wildman–Crippen MR) is 207 cm³/mol. The molecule has 2 aliphatic rings. The van der Waals surface area contributed by atoms with Gasteiger partial charge in [-0.3, -0.25) is 14.4 Å². The van der Waals surface area contributed by atoms with Crippen LogP contribution in [0.4, 0.5) is 4.79 Å². The van der Waals surface area contributed by atoms with Crippen LogP contribution >= 0.6 is 23.5 Å². The van der Waals surface area contributed by atoms with E-state index >= 15 is 0 Å². The van der Waals surface area contributed by atoms with Gasteiger partial charge in [0.1, 0.15) is 6.04 Å². The molecule has 0 spiro atoms. The number of rotatable bonds is 28. The molecule has 286 valence electrons. The van der Waals surface area contributed by atoms with Crippen molar-refractivity contribution < 1.29 is 29.1 Å². The van der Waals surface area contributed by atoms with Gasteiger partial charge in [0.15, 0.2) is 5.12 Å². The molecule has 51 heavy (non-hydrogen) atoms. The molecule has 1 aromatic carbocycles. The van der Waals surface area contributed by atoms with Crippen LogP contribution in [0.1, 0.15) is 152 Å². The SMILES string of the molecule is CCCCCCCCCCCCCCCC(=O)N[C@@H](CCCCNC(=O)c1ccc(SC(=O)CCCCC2SCC3NC(=O)NC32)cc1)C(=O)O. The molecule has 12 heteroatoms. The number of nitrogens with one attached hydrogen (secondary N) is 4. The summed E-state index contributed by atoms with van der Waals surface area (Å²) in [5.74, 6) is -0.532. The van der Waals surface area contributed by atoms with E-state index in [1.54, 1.807) is 24.3 Å². The van der Waals surface area contributed by atoms with Crippen LogP contribution in [0.3, 0.4) is 0 Å². The van der Waals surface area contributed by atoms with E-state index in [2.05, 4.69) is 28.2 Å². The number of benzene rings is 1. The van der Waals surface area contributed by atoms with Gasteiger partial charge < -0.3 is 26.4 Å². The fourth-order valence-electron chi connectivity index (χ4n) is 6.72. The van der Waals surface area contributed by atoms with Crippen molar-refractivity contribution in [3.63, 3.8) is 0 Å². The van der Waals surface area contributed by atoms with Crippen LogP contribution in [0, 0.1) is 0 Å². The first kappa shape index (κ1) is 42.7. The van der Waals surface area contributed by atoms with Gasteiger partial charge >= 0.3 is 12.0 Å². The molecule has 4 atom stereocenters. The van der Waals surface area contributed by atoms with E-state index in [0.29, 0.717) is 49.5 Å². The lowest BCUT2D eigenvalue weighted by molar-refractivity contribution is -0.142. The summed E-state index contributed by atoms with van der Waals surface area (Å²) in [5, 5.41) is 21.6. The summed E-state index contributed by atoms with van der Waals surface area (Å²) in [7, 11) is 0. The van der Waals surface area contributed by atoms with Crippen molar-refractivity contribution in [3.05, 3.63) is 29.8 Å². The third-order valence-corrected chi connectivity index (χ3v) is 12.2. The Bertz CT molecular complexity index is 1220. The maximum atomic E-state index is 12.6. The Morgan fingerprint density at radius 3 is 2.10 bits per heavy atom. The number of urea groups is 1. The van der Waals surface area contributed by atoms with E-state index in [0.717, 1.165) is 49.2 Å². The summed E-state index contributed by atoms with van der Waals surface area (Å²) < 4.78 is 0. The van der Waals surface area contributed by atoms with Crippen LogP contribution < -0.4 is 21.3 Å². The van der Waals surface area contributed by atoms with E-state index in [-0.39, 0.29) is 35.0 Å². The van der Waals surface area contributed by atoms with Crippen LogP contribution in [-0.4, -0.2) is 69.7 Å². The van der Waals surface area contributed by atoms with Crippen LogP contribution in [-0.2, 0) is 14.4 Å². The van der Waals surface area contributed by atoms with Gasteiger partial charge in [-0.1, -0.05) is 102 Å². The van der Waals surface area contributed by atoms with Crippen LogP contribution in [0.5, 0.6) is 0 Å². The molecule has 10 nitrogen and oxygen atoms in total. The van der Waals surface area contributed by atoms with Gasteiger partial charge in [0.25, 0.3) is 5.91 Å². The molecule has 1 aromatic rings. The molecule has 4 amide bonds. The van der Waals surface area contributed by atoms with E-state index in [1.165, 1.54) is 76.0 Å². The number of thioether (sulfide) groups is 2. The lowest BCUT2D eigenvalue weighted by Crippen LogP contribution is -2.40. The van der Waals surface area contributed by atoms with E-state index in [9.17, 15) is 29.1 Å². The summed E-state index contributed by atoms with van der Waals surface area (Å²) in [4.78, 5) is 61.5. The molecule has 2 fully saturated rings. The summed E-state index contributed by atoms with van der Waals surface area (Å²) in [6.07, 6.45) is 21.0. The Labute approximate surface area is 314 Å². The quantitative estimate of drug-likeness (QED) is 0.0329. The van der Waals surface area contributed by atoms with Gasteiger partial charge in [-0.2, -0.15) is 11.8 Å². The third kappa shape index (κ3) is 17.6. The zero-order valence-electron chi connectivity index (χ0n) is 30.7. The lowest BCUT2D eigenvalue weighted by Gasteiger charge is -2.16. The molecule has 0 radical (unpaired) electrons. The fraction of sp³-hybridized carbons (Fsp3) is 0.718. The molecular weight excluding hydrogens is 685 g/mol. The summed E-state index contributed by atoms with van der Waals surface area (Å²) in [6.45, 7) is 2.65. The first-order valence-electron chi connectivity index (χ1n) is 19.6. The third-order valence-electron chi connectivity index (χ3n) is 9.75. The van der Waals surface area contributed by atoms with Gasteiger partial charge in [-0.15, -0.1) is 0 Å². The van der Waals surface area contributed by atoms with Gasteiger partial charge in [-0.05, 0) is 62.8 Å². The average molecular weight is 747 g/mol. The highest BCUT2D eigenvalue weighted by atomic mass is 32.2. The zero-order valence-corrected chi connectivity index (χ0v) is 32.3. The lowest BCUT2D eigenvalue weighted by atomic mass is 10.0. The highest BCUT2D eigenvalue weighted by molar-refractivity contribution is 8.13. The van der Waals surface area contributed by atoms with Crippen molar-refractivity contribution >= 4 is 52.5 Å². The van der Waals surface area contributed by atoms with Gasteiger partial charge in [0.05, 0.1) is 12.1 Å². The number of carboxylic acids is 1. The summed E-state index contributed by atoms with van der Waals surface area (Å²) >= 11 is 3.07. The molecule has 0 saturated carbocycles. The largest absolute Gasteiger partial charge is 0.480 e. The predicted octanol–water partition coefficient (Wildman–Crippen LogP) is 7.98. The highest BCUT2D eigenvalue weighted by Gasteiger charge is 2.42. The van der Waals surface area contributed by atoms with Crippen LogP contribution in [0.2, 0.25) is 0 Å². The number of hydrogen-bond acceptors (Lipinski definition) is 7. The maximum absolute atomic E-state index is 12.6. The molecular formula is C39H62N4O6S2. The number of hydrogen-bond donors (Lipinski definition) is 5. The number of carboxylic acid groups (broad SMARTS) is 1. The Kier molecular flexibility index (Phi) is 21.2. The smallest absolute Gasteiger partial charge is 0.326 e. The van der Waals surface area contributed by atoms with Gasteiger partial charge in [-0.25, -0.2) is 9.59 Å². The van der Waals surface area contributed by atoms with Crippen molar-refractivity contribution in [1.29, 1.82) is 0 Å². The molecule has 0 bridgehead atoms. The minimum absolute atomic E-state index is 0.0792. The fourth-order valence-corrected chi connectivity index (χ4v) is 9.04. The molecule has 0 aromatic heterocycles. The standard InChI is InChI=1S/C39H62N4O6S2/c1-2-3-4-5-6-7-8-9-10-11-12-13-14-21-34(44)41-31(38(47)48)19-17-18-27-40-37(46)29-23-25-30(26-24-29)51-35(45)22-16-15-20-33-36-32(28-50-33)42-39(49)43-36/h23-26,31-33,36H,2-22,27-28H2,1H3,(H,40,46)(H,41,44)(H,47,48)(H2,42,43,49)/t31-,32?,33?,36?/m0/s1. The highest BCUT2D eigenvalue weighted by Crippen LogP contribution is 2.33. The molecule has 0 aliphatic carbocycles. The summed E-state index contributed by atoms with van der Waals surface area (Å²) in [6, 6.07) is 6.37. The molecule has 2 heterocycles. The van der Waals surface area contributed by atoms with Crippen molar-refractivity contribution in [1.82, 2.24) is 21.3 Å². The van der Waals surface area contributed by atoms with E-state index in [4.69, 9.17) is 0 Å². The first-order chi connectivity index (χ1) is 24.8. The van der Waals surface area contributed by atoms with E-state index < -0.39 is 12.0 Å². The molecule has 5 N–H and O–H groups in total. The topological polar surface area (TPSA) is 154 Å². The summed E-state index contributed by atoms with van der Waals surface area (Å²) in [5.41, 5.74) is 0.497. The minimum Gasteiger partial charge on any atom is -0.480 e. The van der Waals surface area contributed by atoms with Gasteiger partial charge in [0.2, 0.25) is 5.91 Å². The van der Waals surface area contributed by atoms with Crippen molar-refractivity contribution in [3.8, 4) is 0 Å². The Morgan fingerprint density at radius 1 is 0.824 bits per heavy atom. The number of aliphatic carboxylic acids is 1. The van der Waals surface area contributed by atoms with Crippen LogP contribution in [0.25, 0.3) is 0 Å².